The van der Waals surface area contributed by atoms with Crippen LogP contribution >= 0.6 is 0 Å². The Morgan fingerprint density at radius 3 is 2.85 bits per heavy atom. The number of hydrazine groups is 1. The molecule has 0 amide bonds. The number of nitrogens with two attached hydrogens (primary N) is 1. The van der Waals surface area contributed by atoms with Gasteiger partial charge in [0.25, 0.3) is 0 Å². The van der Waals surface area contributed by atoms with Crippen molar-refractivity contribution in [2.24, 2.45) is 5.84 Å². The van der Waals surface area contributed by atoms with Crippen molar-refractivity contribution in [2.45, 2.75) is 39.3 Å². The van der Waals surface area contributed by atoms with E-state index in [1.54, 1.807) is 12.3 Å². The van der Waals surface area contributed by atoms with E-state index < -0.39 is 0 Å². The highest BCUT2D eigenvalue weighted by molar-refractivity contribution is 5.21. The molecule has 0 fully saturated rings. The highest BCUT2D eigenvalue weighted by Gasteiger charge is 2.17. The van der Waals surface area contributed by atoms with E-state index in [9.17, 15) is 4.39 Å². The molecule has 2 heterocycles. The number of hydrogen-bond donors (Lipinski definition) is 2. The van der Waals surface area contributed by atoms with Gasteiger partial charge in [-0.3, -0.25) is 20.9 Å². The van der Waals surface area contributed by atoms with Crippen LogP contribution in [0.2, 0.25) is 0 Å². The Kier molecular flexibility index (Phi) is 4.81. The lowest BCUT2D eigenvalue weighted by atomic mass is 10.0. The highest BCUT2D eigenvalue weighted by Crippen LogP contribution is 2.20. The fourth-order valence-electron chi connectivity index (χ4n) is 2.26. The van der Waals surface area contributed by atoms with Crippen molar-refractivity contribution in [1.82, 2.24) is 20.2 Å². The summed E-state index contributed by atoms with van der Waals surface area (Å²) in [4.78, 5) is 3.76. The normalized spacial score (nSPS) is 12.6. The molecule has 1 unspecified atom stereocenters. The third kappa shape index (κ3) is 3.02. The van der Waals surface area contributed by atoms with Gasteiger partial charge >= 0.3 is 0 Å². The molecule has 3 N–H and O–H groups in total. The summed E-state index contributed by atoms with van der Waals surface area (Å²) in [5.41, 5.74) is 5.28. The van der Waals surface area contributed by atoms with E-state index >= 15 is 0 Å². The topological polar surface area (TPSA) is 68.8 Å². The predicted molar refractivity (Wildman–Crippen MR) is 75.2 cm³/mol. The number of aryl methyl sites for hydroxylation is 2. The van der Waals surface area contributed by atoms with Gasteiger partial charge in [0, 0.05) is 30.4 Å². The number of hydrogen-bond acceptors (Lipinski definition) is 4. The average molecular weight is 277 g/mol. The van der Waals surface area contributed by atoms with Crippen LogP contribution < -0.4 is 11.3 Å². The summed E-state index contributed by atoms with van der Waals surface area (Å²) < 4.78 is 15.7. The van der Waals surface area contributed by atoms with Gasteiger partial charge in [-0.1, -0.05) is 6.92 Å². The molecule has 0 saturated heterocycles. The Morgan fingerprint density at radius 1 is 1.45 bits per heavy atom. The highest BCUT2D eigenvalue weighted by atomic mass is 19.1. The SMILES string of the molecule is CCc1cc(CC(NN)c2ccncc2F)n(CC)n1. The molecule has 1 atom stereocenters. The van der Waals surface area contributed by atoms with Crippen LogP contribution in [-0.4, -0.2) is 14.8 Å². The molecule has 0 spiro atoms. The quantitative estimate of drug-likeness (QED) is 0.623. The summed E-state index contributed by atoms with van der Waals surface area (Å²) in [5.74, 6) is 5.23. The molecule has 5 nitrogen and oxygen atoms in total. The summed E-state index contributed by atoms with van der Waals surface area (Å²) in [5, 5.41) is 4.49. The number of pyridine rings is 1. The van der Waals surface area contributed by atoms with Crippen molar-refractivity contribution >= 4 is 0 Å². The largest absolute Gasteiger partial charge is 0.271 e. The molecular weight excluding hydrogens is 257 g/mol. The zero-order valence-electron chi connectivity index (χ0n) is 11.8. The average Bonchev–Trinajstić information content (AvgIpc) is 2.88. The molecule has 0 radical (unpaired) electrons. The van der Waals surface area contributed by atoms with Gasteiger partial charge in [-0.25, -0.2) is 4.39 Å². The van der Waals surface area contributed by atoms with Crippen molar-refractivity contribution in [1.29, 1.82) is 0 Å². The molecule has 0 bridgehead atoms. The standard InChI is InChI=1S/C14H20FN5/c1-3-10-7-11(20(4-2)19-10)8-14(18-16)12-5-6-17-9-13(12)15/h5-7,9,14,18H,3-4,8,16H2,1-2H3. The van der Waals surface area contributed by atoms with E-state index in [0.29, 0.717) is 12.0 Å². The first-order valence-corrected chi connectivity index (χ1v) is 6.80. The van der Waals surface area contributed by atoms with Crippen LogP contribution in [0.25, 0.3) is 0 Å². The minimum atomic E-state index is -0.353. The third-order valence-corrected chi connectivity index (χ3v) is 3.37. The Balaban J connectivity index is 2.26. The van der Waals surface area contributed by atoms with E-state index in [0.717, 1.165) is 24.4 Å². The summed E-state index contributed by atoms with van der Waals surface area (Å²) in [7, 11) is 0. The maximum Gasteiger partial charge on any atom is 0.146 e. The van der Waals surface area contributed by atoms with E-state index in [1.165, 1.54) is 6.20 Å². The van der Waals surface area contributed by atoms with Crippen molar-refractivity contribution < 1.29 is 4.39 Å². The summed E-state index contributed by atoms with van der Waals surface area (Å²) in [6, 6.07) is 3.39. The number of nitrogens with one attached hydrogen (secondary N) is 1. The molecular formula is C14H20FN5. The molecule has 6 heteroatoms. The second-order valence-corrected chi connectivity index (χ2v) is 4.62. The zero-order valence-corrected chi connectivity index (χ0v) is 11.8. The molecule has 20 heavy (non-hydrogen) atoms. The van der Waals surface area contributed by atoms with E-state index in [4.69, 9.17) is 5.84 Å². The summed E-state index contributed by atoms with van der Waals surface area (Å²) in [6.45, 7) is 4.88. The Labute approximate surface area is 118 Å². The molecule has 0 aromatic carbocycles. The minimum Gasteiger partial charge on any atom is -0.271 e. The second-order valence-electron chi connectivity index (χ2n) is 4.62. The molecule has 2 aromatic heterocycles. The van der Waals surface area contributed by atoms with E-state index in [2.05, 4.69) is 22.4 Å². The van der Waals surface area contributed by atoms with E-state index in [1.807, 2.05) is 17.7 Å². The van der Waals surface area contributed by atoms with Crippen LogP contribution in [0.15, 0.2) is 24.5 Å². The van der Waals surface area contributed by atoms with Crippen molar-refractivity contribution in [3.05, 3.63) is 47.3 Å². The van der Waals surface area contributed by atoms with E-state index in [-0.39, 0.29) is 11.9 Å². The number of nitrogens with zero attached hydrogens (tertiary/aromatic N) is 3. The summed E-state index contributed by atoms with van der Waals surface area (Å²) >= 11 is 0. The molecule has 2 aromatic rings. The van der Waals surface area contributed by atoms with Gasteiger partial charge in [-0.15, -0.1) is 0 Å². The molecule has 0 aliphatic rings. The molecule has 0 aliphatic heterocycles. The lowest BCUT2D eigenvalue weighted by Gasteiger charge is -2.17. The second kappa shape index (κ2) is 6.58. The Bertz CT molecular complexity index is 566. The maximum atomic E-state index is 13.8. The summed E-state index contributed by atoms with van der Waals surface area (Å²) in [6.07, 6.45) is 4.23. The van der Waals surface area contributed by atoms with Gasteiger partial charge < -0.3 is 0 Å². The van der Waals surface area contributed by atoms with Crippen LogP contribution in [0.5, 0.6) is 0 Å². The lowest BCUT2D eigenvalue weighted by molar-refractivity contribution is 0.488. The first-order valence-electron chi connectivity index (χ1n) is 6.80. The minimum absolute atomic E-state index is 0.301. The van der Waals surface area contributed by atoms with Gasteiger partial charge in [-0.05, 0) is 25.5 Å². The predicted octanol–water partition coefficient (Wildman–Crippen LogP) is 1.75. The third-order valence-electron chi connectivity index (χ3n) is 3.37. The molecule has 0 aliphatic carbocycles. The number of aromatic nitrogens is 3. The van der Waals surface area contributed by atoms with Crippen LogP contribution in [0.3, 0.4) is 0 Å². The van der Waals surface area contributed by atoms with Crippen molar-refractivity contribution in [3.8, 4) is 0 Å². The van der Waals surface area contributed by atoms with Gasteiger partial charge in [0.1, 0.15) is 5.82 Å². The molecule has 0 saturated carbocycles. The Hall–Kier alpha value is -1.79. The number of rotatable bonds is 6. The fraction of sp³-hybridized carbons (Fsp3) is 0.429. The smallest absolute Gasteiger partial charge is 0.146 e. The van der Waals surface area contributed by atoms with Crippen molar-refractivity contribution in [3.63, 3.8) is 0 Å². The van der Waals surface area contributed by atoms with Crippen LogP contribution in [0.4, 0.5) is 4.39 Å². The zero-order chi connectivity index (χ0) is 14.5. The Morgan fingerprint density at radius 2 is 2.25 bits per heavy atom. The van der Waals surface area contributed by atoms with Gasteiger partial charge in [-0.2, -0.15) is 5.10 Å². The lowest BCUT2D eigenvalue weighted by Crippen LogP contribution is -2.31. The first-order chi connectivity index (χ1) is 9.69. The molecule has 2 rings (SSSR count). The number of halogens is 1. The fourth-order valence-corrected chi connectivity index (χ4v) is 2.26. The first kappa shape index (κ1) is 14.6. The van der Waals surface area contributed by atoms with Crippen LogP contribution in [0.1, 0.15) is 36.8 Å². The van der Waals surface area contributed by atoms with Gasteiger partial charge in [0.15, 0.2) is 0 Å². The maximum absolute atomic E-state index is 13.8. The molecule has 108 valence electrons. The monoisotopic (exact) mass is 277 g/mol. The van der Waals surface area contributed by atoms with Crippen LogP contribution in [-0.2, 0) is 19.4 Å². The van der Waals surface area contributed by atoms with Crippen LogP contribution in [0, 0.1) is 5.82 Å². The van der Waals surface area contributed by atoms with Crippen molar-refractivity contribution in [2.75, 3.05) is 0 Å². The van der Waals surface area contributed by atoms with Gasteiger partial charge in [0.2, 0.25) is 0 Å². The van der Waals surface area contributed by atoms with Gasteiger partial charge in [0.05, 0.1) is 17.9 Å².